The minimum atomic E-state index is -5.11. The molecular weight excluding hydrogens is 482 g/mol. The van der Waals surface area contributed by atoms with Crippen LogP contribution in [0, 0.1) is 0 Å². The molecule has 0 aliphatic carbocycles. The van der Waals surface area contributed by atoms with Crippen molar-refractivity contribution in [3.8, 4) is 11.5 Å². The number of phenols is 2. The van der Waals surface area contributed by atoms with Gasteiger partial charge in [0.05, 0.1) is 10.0 Å². The maximum absolute atomic E-state index is 13.0. The highest BCUT2D eigenvalue weighted by molar-refractivity contribution is 7.87. The van der Waals surface area contributed by atoms with Gasteiger partial charge in [-0.15, -0.1) is 0 Å². The van der Waals surface area contributed by atoms with Crippen LogP contribution in [0.2, 0.25) is 20.1 Å². The lowest BCUT2D eigenvalue weighted by Crippen LogP contribution is -2.38. The van der Waals surface area contributed by atoms with Gasteiger partial charge in [-0.1, -0.05) is 70.7 Å². The number of hydrogen-bond donors (Lipinski definition) is 3. The highest BCUT2D eigenvalue weighted by Gasteiger charge is 2.52. The van der Waals surface area contributed by atoms with Crippen LogP contribution in [0.5, 0.6) is 11.5 Å². The number of rotatable bonds is 4. The van der Waals surface area contributed by atoms with E-state index in [4.69, 9.17) is 46.4 Å². The molecule has 3 N–H and O–H groups in total. The first-order valence-electron chi connectivity index (χ1n) is 7.89. The molecule has 0 fully saturated rings. The Morgan fingerprint density at radius 1 is 0.793 bits per heavy atom. The Bertz CT molecular complexity index is 1170. The first kappa shape index (κ1) is 22.0. The fraction of sp³-hybridized carbons (Fsp3) is 0.0526. The van der Waals surface area contributed by atoms with Crippen molar-refractivity contribution in [1.29, 1.82) is 0 Å². The van der Waals surface area contributed by atoms with E-state index in [0.29, 0.717) is 0 Å². The third kappa shape index (κ3) is 3.65. The maximum atomic E-state index is 13.0. The van der Waals surface area contributed by atoms with Crippen LogP contribution in [0.25, 0.3) is 0 Å². The van der Waals surface area contributed by atoms with E-state index in [2.05, 4.69) is 0 Å². The van der Waals surface area contributed by atoms with Gasteiger partial charge in [0.2, 0.25) is 0 Å². The molecule has 10 heteroatoms. The summed E-state index contributed by atoms with van der Waals surface area (Å²) in [7, 11) is -5.11. The summed E-state index contributed by atoms with van der Waals surface area (Å²) in [6.45, 7) is 0. The molecule has 0 aromatic heterocycles. The Balaban J connectivity index is 2.64. The Morgan fingerprint density at radius 2 is 1.38 bits per heavy atom. The summed E-state index contributed by atoms with van der Waals surface area (Å²) in [5, 5.41) is 20.1. The Kier molecular flexibility index (Phi) is 5.98. The molecule has 0 saturated carbocycles. The molecule has 0 aliphatic heterocycles. The fourth-order valence-corrected chi connectivity index (χ4v) is 5.54. The van der Waals surface area contributed by atoms with Gasteiger partial charge in [-0.25, -0.2) is 0 Å². The van der Waals surface area contributed by atoms with E-state index in [-0.39, 0.29) is 37.0 Å². The van der Waals surface area contributed by atoms with Crippen molar-refractivity contribution in [3.63, 3.8) is 0 Å². The van der Waals surface area contributed by atoms with Crippen LogP contribution in [-0.4, -0.2) is 23.2 Å². The predicted molar refractivity (Wildman–Crippen MR) is 114 cm³/mol. The average Bonchev–Trinajstić information content (AvgIpc) is 2.62. The van der Waals surface area contributed by atoms with Crippen molar-refractivity contribution in [2.75, 3.05) is 0 Å². The van der Waals surface area contributed by atoms with Gasteiger partial charge in [0, 0.05) is 10.6 Å². The van der Waals surface area contributed by atoms with Crippen LogP contribution < -0.4 is 0 Å². The van der Waals surface area contributed by atoms with Crippen LogP contribution >= 0.6 is 46.4 Å². The fourth-order valence-electron chi connectivity index (χ4n) is 3.23. The second kappa shape index (κ2) is 7.87. The minimum Gasteiger partial charge on any atom is -0.508 e. The molecule has 0 amide bonds. The lowest BCUT2D eigenvalue weighted by atomic mass is 9.83. The lowest BCUT2D eigenvalue weighted by Gasteiger charge is -2.34. The number of phenolic OH excluding ortho intramolecular Hbond substituents is 2. The third-order valence-corrected chi connectivity index (χ3v) is 7.13. The summed E-state index contributed by atoms with van der Waals surface area (Å²) in [5.41, 5.74) is -0.601. The highest BCUT2D eigenvalue weighted by Crippen LogP contribution is 2.53. The second-order valence-electron chi connectivity index (χ2n) is 6.09. The minimum absolute atomic E-state index is 0.0475. The van der Waals surface area contributed by atoms with Crippen molar-refractivity contribution in [1.82, 2.24) is 0 Å². The summed E-state index contributed by atoms with van der Waals surface area (Å²) in [4.78, 5) is 0. The van der Waals surface area contributed by atoms with Gasteiger partial charge in [0.1, 0.15) is 16.5 Å². The summed E-state index contributed by atoms with van der Waals surface area (Å²) < 4.78 is 33.9. The molecule has 3 aromatic rings. The summed E-state index contributed by atoms with van der Waals surface area (Å²) in [5.74, 6) is -1.03. The Hall–Kier alpha value is -1.67. The van der Waals surface area contributed by atoms with Gasteiger partial charge in [0.25, 0.3) is 10.1 Å². The topological polar surface area (TPSA) is 94.8 Å². The standard InChI is InChI=1S/C19H12Cl4O5S/c20-12-5-1-3-10(7-12)19(29(26,27)28,11-4-2-6-13(24)8-11)16-14(21)9-15(22)17(23)18(16)25/h1-9,24-25H,(H,26,27,28). The molecule has 0 saturated heterocycles. The molecule has 29 heavy (non-hydrogen) atoms. The summed E-state index contributed by atoms with van der Waals surface area (Å²) >= 11 is 24.4. The molecule has 0 bridgehead atoms. The van der Waals surface area contributed by atoms with Crippen molar-refractivity contribution in [2.45, 2.75) is 4.75 Å². The van der Waals surface area contributed by atoms with Crippen LogP contribution in [0.15, 0.2) is 54.6 Å². The number of hydrogen-bond acceptors (Lipinski definition) is 4. The van der Waals surface area contributed by atoms with Crippen LogP contribution in [-0.2, 0) is 14.9 Å². The van der Waals surface area contributed by atoms with E-state index >= 15 is 0 Å². The van der Waals surface area contributed by atoms with Crippen molar-refractivity contribution in [3.05, 3.63) is 91.4 Å². The Morgan fingerprint density at radius 3 is 1.93 bits per heavy atom. The van der Waals surface area contributed by atoms with E-state index in [0.717, 1.165) is 12.1 Å². The van der Waals surface area contributed by atoms with Gasteiger partial charge in [0.15, 0.2) is 4.75 Å². The molecule has 152 valence electrons. The van der Waals surface area contributed by atoms with E-state index in [1.165, 1.54) is 42.5 Å². The zero-order valence-corrected chi connectivity index (χ0v) is 18.1. The van der Waals surface area contributed by atoms with Crippen LogP contribution in [0.3, 0.4) is 0 Å². The zero-order valence-electron chi connectivity index (χ0n) is 14.3. The first-order chi connectivity index (χ1) is 13.5. The number of aromatic hydroxyl groups is 2. The van der Waals surface area contributed by atoms with Crippen LogP contribution in [0.1, 0.15) is 16.7 Å². The normalized spacial score (nSPS) is 13.8. The largest absolute Gasteiger partial charge is 0.508 e. The van der Waals surface area contributed by atoms with Gasteiger partial charge in [-0.2, -0.15) is 8.42 Å². The SMILES string of the molecule is O=S(=O)(O)C(c1cccc(O)c1)(c1cccc(Cl)c1)c1c(Cl)cc(Cl)c(Cl)c1O. The van der Waals surface area contributed by atoms with E-state index < -0.39 is 26.2 Å². The average molecular weight is 494 g/mol. The highest BCUT2D eigenvalue weighted by atomic mass is 35.5. The zero-order chi connectivity index (χ0) is 21.6. The van der Waals surface area contributed by atoms with Gasteiger partial charge in [-0.3, -0.25) is 4.55 Å². The summed E-state index contributed by atoms with van der Waals surface area (Å²) in [6.07, 6.45) is 0. The van der Waals surface area contributed by atoms with Crippen LogP contribution in [0.4, 0.5) is 0 Å². The second-order valence-corrected chi connectivity index (χ2v) is 9.29. The molecule has 3 rings (SSSR count). The van der Waals surface area contributed by atoms with E-state index in [1.807, 2.05) is 0 Å². The molecule has 0 spiro atoms. The maximum Gasteiger partial charge on any atom is 0.283 e. The van der Waals surface area contributed by atoms with Crippen molar-refractivity contribution >= 4 is 56.5 Å². The molecule has 1 unspecified atom stereocenters. The Labute approximate surface area is 186 Å². The lowest BCUT2D eigenvalue weighted by molar-refractivity contribution is 0.439. The summed E-state index contributed by atoms with van der Waals surface area (Å²) in [6, 6.07) is 11.9. The molecule has 0 aliphatic rings. The monoisotopic (exact) mass is 492 g/mol. The molecule has 0 heterocycles. The molecular formula is C19H12Cl4O5S. The number of halogens is 4. The number of benzene rings is 3. The predicted octanol–water partition coefficient (Wildman–Crippen LogP) is 5.89. The molecule has 1 atom stereocenters. The quantitative estimate of drug-likeness (QED) is 0.239. The van der Waals surface area contributed by atoms with Gasteiger partial charge in [-0.05, 0) is 41.5 Å². The van der Waals surface area contributed by atoms with E-state index in [1.54, 1.807) is 0 Å². The molecule has 3 aromatic carbocycles. The molecule has 0 radical (unpaired) electrons. The first-order valence-corrected chi connectivity index (χ1v) is 10.8. The smallest absolute Gasteiger partial charge is 0.283 e. The van der Waals surface area contributed by atoms with Crippen molar-refractivity contribution < 1.29 is 23.2 Å². The third-order valence-electron chi connectivity index (χ3n) is 4.37. The molecule has 5 nitrogen and oxygen atoms in total. The van der Waals surface area contributed by atoms with Gasteiger partial charge < -0.3 is 10.2 Å². The van der Waals surface area contributed by atoms with Gasteiger partial charge >= 0.3 is 0 Å². The van der Waals surface area contributed by atoms with Crippen molar-refractivity contribution in [2.24, 2.45) is 0 Å². The van der Waals surface area contributed by atoms with E-state index in [9.17, 15) is 23.2 Å².